The first-order valence-corrected chi connectivity index (χ1v) is 5.52. The number of ether oxygens (including phenoxy) is 2. The van der Waals surface area contributed by atoms with Crippen molar-refractivity contribution in [1.29, 1.82) is 0 Å². The minimum atomic E-state index is -0.515. The molecule has 0 aromatic carbocycles. The summed E-state index contributed by atoms with van der Waals surface area (Å²) in [7, 11) is 0. The van der Waals surface area contributed by atoms with Crippen LogP contribution < -0.4 is 11.1 Å². The Morgan fingerprint density at radius 2 is 2.38 bits per heavy atom. The molecule has 1 rings (SSSR count). The molecular formula is C10H20N2O4. The van der Waals surface area contributed by atoms with Crippen molar-refractivity contribution in [2.45, 2.75) is 38.2 Å². The van der Waals surface area contributed by atoms with E-state index in [1.807, 2.05) is 0 Å². The SMILES string of the molecule is CC(=O)NC1CCC(CO)OC1OCCN. The number of aliphatic hydroxyl groups is 1. The molecule has 3 unspecified atom stereocenters. The summed E-state index contributed by atoms with van der Waals surface area (Å²) in [5.74, 6) is -0.114. The minimum Gasteiger partial charge on any atom is -0.394 e. The smallest absolute Gasteiger partial charge is 0.217 e. The lowest BCUT2D eigenvalue weighted by atomic mass is 10.0. The number of rotatable bonds is 5. The maximum Gasteiger partial charge on any atom is 0.217 e. The number of nitrogens with one attached hydrogen (secondary N) is 1. The van der Waals surface area contributed by atoms with Gasteiger partial charge in [0.25, 0.3) is 0 Å². The first kappa shape index (κ1) is 13.4. The predicted octanol–water partition coefficient (Wildman–Crippen LogP) is -1.04. The molecule has 1 aliphatic heterocycles. The van der Waals surface area contributed by atoms with Crippen molar-refractivity contribution in [2.75, 3.05) is 19.8 Å². The molecule has 6 heteroatoms. The van der Waals surface area contributed by atoms with Gasteiger partial charge in [-0.05, 0) is 12.8 Å². The summed E-state index contributed by atoms with van der Waals surface area (Å²) in [4.78, 5) is 11.0. The van der Waals surface area contributed by atoms with Crippen LogP contribution in [0.5, 0.6) is 0 Å². The van der Waals surface area contributed by atoms with Crippen molar-refractivity contribution in [1.82, 2.24) is 5.32 Å². The van der Waals surface area contributed by atoms with Gasteiger partial charge in [-0.1, -0.05) is 0 Å². The van der Waals surface area contributed by atoms with Crippen molar-refractivity contribution in [3.63, 3.8) is 0 Å². The molecule has 16 heavy (non-hydrogen) atoms. The largest absolute Gasteiger partial charge is 0.394 e. The first-order valence-electron chi connectivity index (χ1n) is 5.52. The van der Waals surface area contributed by atoms with Crippen LogP contribution in [-0.4, -0.2) is 49.2 Å². The molecule has 6 nitrogen and oxygen atoms in total. The maximum absolute atomic E-state index is 11.0. The van der Waals surface area contributed by atoms with Gasteiger partial charge in [-0.25, -0.2) is 0 Å². The highest BCUT2D eigenvalue weighted by Gasteiger charge is 2.31. The lowest BCUT2D eigenvalue weighted by Gasteiger charge is -2.35. The third-order valence-electron chi connectivity index (χ3n) is 2.45. The highest BCUT2D eigenvalue weighted by Crippen LogP contribution is 2.20. The third-order valence-corrected chi connectivity index (χ3v) is 2.45. The summed E-state index contributed by atoms with van der Waals surface area (Å²) in [5, 5.41) is 11.8. The van der Waals surface area contributed by atoms with Crippen LogP contribution in [0, 0.1) is 0 Å². The molecule has 3 atom stereocenters. The first-order chi connectivity index (χ1) is 7.67. The summed E-state index contributed by atoms with van der Waals surface area (Å²) in [5.41, 5.74) is 5.34. The molecule has 0 saturated carbocycles. The normalized spacial score (nSPS) is 30.1. The predicted molar refractivity (Wildman–Crippen MR) is 57.6 cm³/mol. The van der Waals surface area contributed by atoms with E-state index in [1.54, 1.807) is 0 Å². The van der Waals surface area contributed by atoms with E-state index in [0.29, 0.717) is 19.6 Å². The molecule has 1 amide bonds. The Bertz CT molecular complexity index is 225. The van der Waals surface area contributed by atoms with Crippen LogP contribution in [0.4, 0.5) is 0 Å². The third kappa shape index (κ3) is 4.05. The fourth-order valence-electron chi connectivity index (χ4n) is 1.73. The van der Waals surface area contributed by atoms with Gasteiger partial charge in [0.15, 0.2) is 6.29 Å². The highest BCUT2D eigenvalue weighted by molar-refractivity contribution is 5.73. The molecule has 0 spiro atoms. The Kier molecular flexibility index (Phi) is 5.68. The summed E-state index contributed by atoms with van der Waals surface area (Å²) in [6.07, 6.45) is 0.718. The zero-order valence-electron chi connectivity index (χ0n) is 9.52. The molecule has 1 heterocycles. The van der Waals surface area contributed by atoms with Crippen LogP contribution in [-0.2, 0) is 14.3 Å². The quantitative estimate of drug-likeness (QED) is 0.563. The zero-order valence-corrected chi connectivity index (χ0v) is 9.52. The zero-order chi connectivity index (χ0) is 12.0. The van der Waals surface area contributed by atoms with E-state index in [4.69, 9.17) is 20.3 Å². The number of hydrogen-bond donors (Lipinski definition) is 3. The van der Waals surface area contributed by atoms with Crippen LogP contribution in [0.25, 0.3) is 0 Å². The van der Waals surface area contributed by atoms with Crippen molar-refractivity contribution in [3.8, 4) is 0 Å². The van der Waals surface area contributed by atoms with Gasteiger partial charge in [-0.15, -0.1) is 0 Å². The van der Waals surface area contributed by atoms with E-state index in [2.05, 4.69) is 5.32 Å². The lowest BCUT2D eigenvalue weighted by molar-refractivity contribution is -0.213. The number of carbonyl (C=O) groups is 1. The van der Waals surface area contributed by atoms with Crippen LogP contribution in [0.2, 0.25) is 0 Å². The Labute approximate surface area is 95.1 Å². The van der Waals surface area contributed by atoms with E-state index < -0.39 is 6.29 Å². The van der Waals surface area contributed by atoms with E-state index in [9.17, 15) is 4.79 Å². The number of hydrogen-bond acceptors (Lipinski definition) is 5. The van der Waals surface area contributed by atoms with Gasteiger partial charge in [0, 0.05) is 13.5 Å². The number of nitrogens with two attached hydrogens (primary N) is 1. The van der Waals surface area contributed by atoms with Gasteiger partial charge in [0.2, 0.25) is 5.91 Å². The number of amides is 1. The van der Waals surface area contributed by atoms with Gasteiger partial charge < -0.3 is 25.6 Å². The summed E-state index contributed by atoms with van der Waals surface area (Å²) < 4.78 is 10.9. The average Bonchev–Trinajstić information content (AvgIpc) is 2.27. The Hall–Kier alpha value is -0.690. The van der Waals surface area contributed by atoms with Crippen molar-refractivity contribution in [3.05, 3.63) is 0 Å². The molecule has 0 aromatic heterocycles. The standard InChI is InChI=1S/C10H20N2O4/c1-7(14)12-9-3-2-8(6-13)16-10(9)15-5-4-11/h8-10,13H,2-6,11H2,1H3,(H,12,14). The summed E-state index contributed by atoms with van der Waals surface area (Å²) >= 11 is 0. The molecule has 0 bridgehead atoms. The second kappa shape index (κ2) is 6.80. The monoisotopic (exact) mass is 232 g/mol. The fraction of sp³-hybridized carbons (Fsp3) is 0.900. The molecule has 1 aliphatic rings. The Morgan fingerprint density at radius 3 is 2.94 bits per heavy atom. The van der Waals surface area contributed by atoms with E-state index in [-0.39, 0.29) is 24.7 Å². The van der Waals surface area contributed by atoms with Crippen molar-refractivity contribution in [2.24, 2.45) is 5.73 Å². The van der Waals surface area contributed by atoms with E-state index in [0.717, 1.165) is 6.42 Å². The second-order valence-corrected chi connectivity index (χ2v) is 3.85. The van der Waals surface area contributed by atoms with Crippen molar-refractivity contribution >= 4 is 5.91 Å². The van der Waals surface area contributed by atoms with E-state index >= 15 is 0 Å². The summed E-state index contributed by atoms with van der Waals surface area (Å²) in [6, 6.07) is -0.160. The van der Waals surface area contributed by atoms with Gasteiger partial charge in [0.05, 0.1) is 25.4 Å². The van der Waals surface area contributed by atoms with Gasteiger partial charge in [-0.2, -0.15) is 0 Å². The van der Waals surface area contributed by atoms with Crippen molar-refractivity contribution < 1.29 is 19.4 Å². The number of carbonyl (C=O) groups excluding carboxylic acids is 1. The molecule has 94 valence electrons. The molecule has 0 radical (unpaired) electrons. The Morgan fingerprint density at radius 1 is 1.62 bits per heavy atom. The van der Waals surface area contributed by atoms with Gasteiger partial charge in [0.1, 0.15) is 0 Å². The summed E-state index contributed by atoms with van der Waals surface area (Å²) in [6.45, 7) is 2.20. The minimum absolute atomic E-state index is 0.0325. The van der Waals surface area contributed by atoms with Gasteiger partial charge >= 0.3 is 0 Å². The van der Waals surface area contributed by atoms with Crippen LogP contribution in [0.3, 0.4) is 0 Å². The van der Waals surface area contributed by atoms with Crippen LogP contribution in [0.15, 0.2) is 0 Å². The maximum atomic E-state index is 11.0. The average molecular weight is 232 g/mol. The lowest BCUT2D eigenvalue weighted by Crippen LogP contribution is -2.51. The number of aliphatic hydroxyl groups excluding tert-OH is 1. The molecule has 4 N–H and O–H groups in total. The van der Waals surface area contributed by atoms with Crippen LogP contribution >= 0.6 is 0 Å². The van der Waals surface area contributed by atoms with E-state index in [1.165, 1.54) is 6.92 Å². The molecule has 0 aliphatic carbocycles. The van der Waals surface area contributed by atoms with Gasteiger partial charge in [-0.3, -0.25) is 4.79 Å². The topological polar surface area (TPSA) is 93.8 Å². The fourth-order valence-corrected chi connectivity index (χ4v) is 1.73. The second-order valence-electron chi connectivity index (χ2n) is 3.85. The highest BCUT2D eigenvalue weighted by atomic mass is 16.7. The molecule has 0 aromatic rings. The molecule has 1 saturated heterocycles. The van der Waals surface area contributed by atoms with Crippen LogP contribution in [0.1, 0.15) is 19.8 Å². The molecular weight excluding hydrogens is 212 g/mol. The molecule has 1 fully saturated rings. The Balaban J connectivity index is 2.49.